The van der Waals surface area contributed by atoms with Crippen molar-refractivity contribution in [3.8, 4) is 0 Å². The van der Waals surface area contributed by atoms with Crippen LogP contribution in [0.15, 0.2) is 22.7 Å². The molecule has 2 unspecified atom stereocenters. The van der Waals surface area contributed by atoms with Crippen LogP contribution in [0.25, 0.3) is 0 Å². The molecule has 0 saturated heterocycles. The third-order valence-corrected chi connectivity index (χ3v) is 4.49. The van der Waals surface area contributed by atoms with Crippen molar-refractivity contribution in [3.05, 3.63) is 33.3 Å². The van der Waals surface area contributed by atoms with Gasteiger partial charge in [-0.3, -0.25) is 4.79 Å². The zero-order chi connectivity index (χ0) is 13.1. The van der Waals surface area contributed by atoms with Gasteiger partial charge in [-0.1, -0.05) is 11.6 Å². The average molecular weight is 351 g/mol. The number of halogens is 3. The third-order valence-electron chi connectivity index (χ3n) is 3.20. The molecule has 0 bridgehead atoms. The molecule has 18 heavy (non-hydrogen) atoms. The number of amides is 1. The molecule has 0 aliphatic heterocycles. The number of nitrogens with one attached hydrogen (secondary N) is 1. The van der Waals surface area contributed by atoms with Crippen LogP contribution in [0.3, 0.4) is 0 Å². The molecule has 1 fully saturated rings. The van der Waals surface area contributed by atoms with Crippen molar-refractivity contribution in [2.75, 3.05) is 6.54 Å². The van der Waals surface area contributed by atoms with Crippen LogP contribution in [0.4, 0.5) is 0 Å². The summed E-state index contributed by atoms with van der Waals surface area (Å²) in [5, 5.41) is 3.83. The number of carbonyl (C=O) groups excluding carboxylic acids is 1. The molecular weight excluding hydrogens is 337 g/mol. The van der Waals surface area contributed by atoms with Gasteiger partial charge in [0.15, 0.2) is 0 Å². The quantitative estimate of drug-likeness (QED) is 0.811. The second-order valence-electron chi connectivity index (χ2n) is 4.61. The maximum atomic E-state index is 12.0. The Morgan fingerprint density at radius 2 is 2.22 bits per heavy atom. The molecule has 1 aromatic rings. The van der Waals surface area contributed by atoms with Crippen molar-refractivity contribution in [1.29, 1.82) is 0 Å². The molecule has 1 N–H and O–H groups in total. The van der Waals surface area contributed by atoms with E-state index in [0.29, 0.717) is 27.5 Å². The lowest BCUT2D eigenvalue weighted by Gasteiger charge is -2.11. The first-order valence-electron chi connectivity index (χ1n) is 5.93. The minimum absolute atomic E-state index is 0.0726. The van der Waals surface area contributed by atoms with Gasteiger partial charge < -0.3 is 5.32 Å². The molecule has 1 saturated carbocycles. The van der Waals surface area contributed by atoms with Gasteiger partial charge in [0.25, 0.3) is 5.91 Å². The molecular formula is C13H14BrCl2NO. The molecule has 5 heteroatoms. The van der Waals surface area contributed by atoms with E-state index in [-0.39, 0.29) is 11.3 Å². The van der Waals surface area contributed by atoms with E-state index in [4.69, 9.17) is 23.2 Å². The Kier molecular flexibility index (Phi) is 4.93. The Labute approximate surface area is 125 Å². The van der Waals surface area contributed by atoms with Crippen molar-refractivity contribution >= 4 is 45.0 Å². The summed E-state index contributed by atoms with van der Waals surface area (Å²) in [6.45, 7) is 0.692. The topological polar surface area (TPSA) is 29.1 Å². The van der Waals surface area contributed by atoms with Gasteiger partial charge in [0.05, 0.1) is 5.56 Å². The van der Waals surface area contributed by atoms with Crippen LogP contribution in [0.2, 0.25) is 5.02 Å². The number of rotatable bonds is 3. The minimum Gasteiger partial charge on any atom is -0.352 e. The number of carbonyl (C=O) groups is 1. The highest BCUT2D eigenvalue weighted by Gasteiger charge is 2.23. The third kappa shape index (κ3) is 3.62. The van der Waals surface area contributed by atoms with Gasteiger partial charge in [-0.25, -0.2) is 0 Å². The van der Waals surface area contributed by atoms with Crippen molar-refractivity contribution in [3.63, 3.8) is 0 Å². The van der Waals surface area contributed by atoms with Crippen LogP contribution in [0.1, 0.15) is 29.6 Å². The lowest BCUT2D eigenvalue weighted by Crippen LogP contribution is -2.28. The van der Waals surface area contributed by atoms with Crippen LogP contribution in [-0.2, 0) is 0 Å². The Bertz CT molecular complexity index is 453. The summed E-state index contributed by atoms with van der Waals surface area (Å²) < 4.78 is 0.717. The summed E-state index contributed by atoms with van der Waals surface area (Å²) in [6.07, 6.45) is 3.13. The SMILES string of the molecule is O=C(NCC1CCC(Cl)C1)c1ccc(Cl)cc1Br. The summed E-state index contributed by atoms with van der Waals surface area (Å²) in [5.41, 5.74) is 0.611. The average Bonchev–Trinajstić information content (AvgIpc) is 2.72. The van der Waals surface area contributed by atoms with E-state index in [0.717, 1.165) is 19.3 Å². The van der Waals surface area contributed by atoms with Crippen molar-refractivity contribution in [1.82, 2.24) is 5.32 Å². The second-order valence-corrected chi connectivity index (χ2v) is 6.52. The van der Waals surface area contributed by atoms with E-state index in [1.165, 1.54) is 0 Å². The fraction of sp³-hybridized carbons (Fsp3) is 0.462. The van der Waals surface area contributed by atoms with E-state index >= 15 is 0 Å². The fourth-order valence-electron chi connectivity index (χ4n) is 2.21. The maximum Gasteiger partial charge on any atom is 0.252 e. The molecule has 2 atom stereocenters. The first kappa shape index (κ1) is 14.2. The molecule has 1 amide bonds. The lowest BCUT2D eigenvalue weighted by molar-refractivity contribution is 0.0946. The van der Waals surface area contributed by atoms with Gasteiger partial charge in [0.2, 0.25) is 0 Å². The van der Waals surface area contributed by atoms with Crippen molar-refractivity contribution < 1.29 is 4.79 Å². The highest BCUT2D eigenvalue weighted by molar-refractivity contribution is 9.10. The zero-order valence-corrected chi connectivity index (χ0v) is 12.9. The molecule has 0 spiro atoms. The summed E-state index contributed by atoms with van der Waals surface area (Å²) in [4.78, 5) is 12.0. The summed E-state index contributed by atoms with van der Waals surface area (Å²) in [7, 11) is 0. The highest BCUT2D eigenvalue weighted by atomic mass is 79.9. The molecule has 1 aromatic carbocycles. The van der Waals surface area contributed by atoms with Crippen molar-refractivity contribution in [2.45, 2.75) is 24.6 Å². The predicted octanol–water partition coefficient (Wildman–Crippen LogP) is 4.24. The Hall–Kier alpha value is -0.250. The highest BCUT2D eigenvalue weighted by Crippen LogP contribution is 2.29. The molecule has 0 radical (unpaired) electrons. The van der Waals surface area contributed by atoms with Gasteiger partial charge in [0, 0.05) is 21.4 Å². The van der Waals surface area contributed by atoms with Gasteiger partial charge in [-0.05, 0) is 59.3 Å². The molecule has 0 aromatic heterocycles. The summed E-state index contributed by atoms with van der Waals surface area (Å²) >= 11 is 15.2. The molecule has 2 rings (SSSR count). The standard InChI is InChI=1S/C13H14BrCl2NO/c14-12-6-10(16)3-4-11(12)13(18)17-7-8-1-2-9(15)5-8/h3-4,6,8-9H,1-2,5,7H2,(H,17,18). The molecule has 1 aliphatic rings. The van der Waals surface area contributed by atoms with Crippen molar-refractivity contribution in [2.24, 2.45) is 5.92 Å². The Morgan fingerprint density at radius 1 is 1.44 bits per heavy atom. The number of hydrogen-bond donors (Lipinski definition) is 1. The first-order chi connectivity index (χ1) is 8.56. The molecule has 0 heterocycles. The monoisotopic (exact) mass is 349 g/mol. The predicted molar refractivity (Wildman–Crippen MR) is 78.5 cm³/mol. The summed E-state index contributed by atoms with van der Waals surface area (Å²) in [6, 6.07) is 5.16. The lowest BCUT2D eigenvalue weighted by atomic mass is 10.1. The molecule has 2 nitrogen and oxygen atoms in total. The van der Waals surface area contributed by atoms with E-state index in [9.17, 15) is 4.79 Å². The number of alkyl halides is 1. The molecule has 1 aliphatic carbocycles. The van der Waals surface area contributed by atoms with Crippen LogP contribution in [-0.4, -0.2) is 17.8 Å². The van der Waals surface area contributed by atoms with Gasteiger partial charge >= 0.3 is 0 Å². The second kappa shape index (κ2) is 6.27. The van der Waals surface area contributed by atoms with E-state index in [1.807, 2.05) is 0 Å². The summed E-state index contributed by atoms with van der Waals surface area (Å²) in [5.74, 6) is 0.430. The largest absolute Gasteiger partial charge is 0.352 e. The fourth-order valence-corrected chi connectivity index (χ4v) is 3.45. The normalized spacial score (nSPS) is 23.1. The molecule has 98 valence electrons. The maximum absolute atomic E-state index is 12.0. The first-order valence-corrected chi connectivity index (χ1v) is 7.54. The van der Waals surface area contributed by atoms with E-state index in [2.05, 4.69) is 21.2 Å². The van der Waals surface area contributed by atoms with Crippen LogP contribution >= 0.6 is 39.1 Å². The van der Waals surface area contributed by atoms with Crippen LogP contribution < -0.4 is 5.32 Å². The minimum atomic E-state index is -0.0726. The smallest absolute Gasteiger partial charge is 0.252 e. The Morgan fingerprint density at radius 3 is 2.83 bits per heavy atom. The Balaban J connectivity index is 1.91. The van der Waals surface area contributed by atoms with Gasteiger partial charge in [-0.2, -0.15) is 0 Å². The van der Waals surface area contributed by atoms with Crippen LogP contribution in [0, 0.1) is 5.92 Å². The number of hydrogen-bond acceptors (Lipinski definition) is 1. The van der Waals surface area contributed by atoms with E-state index in [1.54, 1.807) is 18.2 Å². The van der Waals surface area contributed by atoms with Crippen LogP contribution in [0.5, 0.6) is 0 Å². The van der Waals surface area contributed by atoms with E-state index < -0.39 is 0 Å². The number of benzene rings is 1. The van der Waals surface area contributed by atoms with Gasteiger partial charge in [-0.15, -0.1) is 11.6 Å². The van der Waals surface area contributed by atoms with Gasteiger partial charge in [0.1, 0.15) is 0 Å². The zero-order valence-electron chi connectivity index (χ0n) is 9.76.